The summed E-state index contributed by atoms with van der Waals surface area (Å²) in [5.74, 6) is 1.75. The summed E-state index contributed by atoms with van der Waals surface area (Å²) in [5.41, 5.74) is 1.33. The van der Waals surface area contributed by atoms with Crippen LogP contribution in [0.5, 0.6) is 5.75 Å². The summed E-state index contributed by atoms with van der Waals surface area (Å²) in [6.45, 7) is 2.39. The molecule has 5 heteroatoms. The molecule has 2 N–H and O–H groups in total. The largest absolute Gasteiger partial charge is 0.494 e. The van der Waals surface area contributed by atoms with Crippen molar-refractivity contribution in [2.75, 3.05) is 26.7 Å². The first kappa shape index (κ1) is 20.3. The molecule has 0 aliphatic rings. The number of nitrogens with zero attached hydrogens (tertiary/aromatic N) is 1. The lowest BCUT2D eigenvalue weighted by Gasteiger charge is -2.12. The van der Waals surface area contributed by atoms with E-state index in [-0.39, 0.29) is 24.0 Å². The first-order valence-electron chi connectivity index (χ1n) is 8.05. The first-order chi connectivity index (χ1) is 11.4. The quantitative estimate of drug-likeness (QED) is 0.287. The van der Waals surface area contributed by atoms with Crippen LogP contribution in [0.3, 0.4) is 0 Å². The Hall–Kier alpha value is -1.76. The second kappa shape index (κ2) is 12.6. The zero-order chi connectivity index (χ0) is 16.2. The standard InChI is InChI=1S/C19H25N3O.HI/c1-20-19(22-15-13-17-9-4-2-5-10-17)21-14-8-16-23-18-11-6-3-7-12-18;/h2-7,9-12H,8,13-16H2,1H3,(H2,20,21,22);1H. The van der Waals surface area contributed by atoms with E-state index >= 15 is 0 Å². The highest BCUT2D eigenvalue weighted by molar-refractivity contribution is 14.0. The number of nitrogens with one attached hydrogen (secondary N) is 2. The number of hydrogen-bond donors (Lipinski definition) is 2. The molecule has 0 aromatic heterocycles. The second-order valence-electron chi connectivity index (χ2n) is 5.18. The molecule has 2 aromatic carbocycles. The van der Waals surface area contributed by atoms with E-state index < -0.39 is 0 Å². The van der Waals surface area contributed by atoms with Crippen molar-refractivity contribution in [2.45, 2.75) is 12.8 Å². The van der Waals surface area contributed by atoms with Crippen LogP contribution < -0.4 is 15.4 Å². The number of para-hydroxylation sites is 1. The highest BCUT2D eigenvalue weighted by atomic mass is 127. The van der Waals surface area contributed by atoms with Gasteiger partial charge >= 0.3 is 0 Å². The van der Waals surface area contributed by atoms with Gasteiger partial charge in [-0.2, -0.15) is 0 Å². The van der Waals surface area contributed by atoms with Gasteiger partial charge in [0.25, 0.3) is 0 Å². The van der Waals surface area contributed by atoms with E-state index in [1.807, 2.05) is 36.4 Å². The highest BCUT2D eigenvalue weighted by Crippen LogP contribution is 2.07. The monoisotopic (exact) mass is 439 g/mol. The summed E-state index contributed by atoms with van der Waals surface area (Å²) in [7, 11) is 1.79. The van der Waals surface area contributed by atoms with Crippen LogP contribution >= 0.6 is 24.0 Å². The molecule has 0 bridgehead atoms. The van der Waals surface area contributed by atoms with Gasteiger partial charge in [0.1, 0.15) is 5.75 Å². The number of guanidine groups is 1. The van der Waals surface area contributed by atoms with E-state index in [0.29, 0.717) is 6.61 Å². The Morgan fingerprint density at radius 3 is 2.21 bits per heavy atom. The Bertz CT molecular complexity index is 576. The third-order valence-corrected chi connectivity index (χ3v) is 3.40. The molecule has 0 fully saturated rings. The van der Waals surface area contributed by atoms with Crippen LogP contribution in [0.1, 0.15) is 12.0 Å². The Labute approximate surface area is 161 Å². The van der Waals surface area contributed by atoms with Gasteiger partial charge in [-0.15, -0.1) is 24.0 Å². The van der Waals surface area contributed by atoms with Gasteiger partial charge < -0.3 is 15.4 Å². The molecule has 24 heavy (non-hydrogen) atoms. The summed E-state index contributed by atoms with van der Waals surface area (Å²) >= 11 is 0. The van der Waals surface area contributed by atoms with Crippen molar-refractivity contribution >= 4 is 29.9 Å². The number of rotatable bonds is 8. The van der Waals surface area contributed by atoms with E-state index in [0.717, 1.165) is 37.6 Å². The molecule has 0 spiro atoms. The van der Waals surface area contributed by atoms with Crippen LogP contribution in [0.15, 0.2) is 65.7 Å². The van der Waals surface area contributed by atoms with E-state index in [9.17, 15) is 0 Å². The molecule has 0 saturated heterocycles. The topological polar surface area (TPSA) is 45.7 Å². The van der Waals surface area contributed by atoms with Crippen molar-refractivity contribution in [2.24, 2.45) is 4.99 Å². The molecule has 2 rings (SSSR count). The van der Waals surface area contributed by atoms with E-state index in [2.05, 4.69) is 39.9 Å². The van der Waals surface area contributed by atoms with Crippen molar-refractivity contribution in [1.82, 2.24) is 10.6 Å². The molecule has 0 saturated carbocycles. The molecular formula is C19H26IN3O. The summed E-state index contributed by atoms with van der Waals surface area (Å²) < 4.78 is 5.66. The minimum absolute atomic E-state index is 0. The van der Waals surface area contributed by atoms with Gasteiger partial charge in [-0.05, 0) is 30.5 Å². The zero-order valence-electron chi connectivity index (χ0n) is 14.1. The summed E-state index contributed by atoms with van der Waals surface area (Å²) in [6.07, 6.45) is 1.91. The highest BCUT2D eigenvalue weighted by Gasteiger charge is 1.98. The molecule has 0 aliphatic heterocycles. The fraction of sp³-hybridized carbons (Fsp3) is 0.316. The van der Waals surface area contributed by atoms with Crippen molar-refractivity contribution in [3.8, 4) is 5.75 Å². The molecule has 0 radical (unpaired) electrons. The average Bonchev–Trinajstić information content (AvgIpc) is 2.61. The molecule has 0 aliphatic carbocycles. The molecule has 2 aromatic rings. The lowest BCUT2D eigenvalue weighted by Crippen LogP contribution is -2.39. The fourth-order valence-corrected chi connectivity index (χ4v) is 2.18. The fourth-order valence-electron chi connectivity index (χ4n) is 2.18. The third-order valence-electron chi connectivity index (χ3n) is 3.40. The molecule has 0 heterocycles. The van der Waals surface area contributed by atoms with Crippen molar-refractivity contribution in [1.29, 1.82) is 0 Å². The molecule has 0 amide bonds. The summed E-state index contributed by atoms with van der Waals surface area (Å²) in [5, 5.41) is 6.63. The van der Waals surface area contributed by atoms with Crippen LogP contribution in [-0.4, -0.2) is 32.7 Å². The Kier molecular flexibility index (Phi) is 10.7. The predicted molar refractivity (Wildman–Crippen MR) is 111 cm³/mol. The maximum absolute atomic E-state index is 5.66. The van der Waals surface area contributed by atoms with Crippen molar-refractivity contribution in [3.05, 3.63) is 66.2 Å². The first-order valence-corrected chi connectivity index (χ1v) is 8.05. The number of halogens is 1. The van der Waals surface area contributed by atoms with E-state index in [1.165, 1.54) is 5.56 Å². The SMILES string of the molecule is CN=C(NCCCOc1ccccc1)NCCc1ccccc1.I. The van der Waals surface area contributed by atoms with Crippen LogP contribution in [0.2, 0.25) is 0 Å². The molecule has 130 valence electrons. The molecule has 4 nitrogen and oxygen atoms in total. The van der Waals surface area contributed by atoms with Crippen LogP contribution in [0, 0.1) is 0 Å². The van der Waals surface area contributed by atoms with Gasteiger partial charge in [0.2, 0.25) is 0 Å². The minimum atomic E-state index is 0. The maximum Gasteiger partial charge on any atom is 0.190 e. The van der Waals surface area contributed by atoms with E-state index in [4.69, 9.17) is 4.74 Å². The van der Waals surface area contributed by atoms with Gasteiger partial charge in [-0.25, -0.2) is 0 Å². The minimum Gasteiger partial charge on any atom is -0.494 e. The van der Waals surface area contributed by atoms with Gasteiger partial charge in [0.05, 0.1) is 6.61 Å². The van der Waals surface area contributed by atoms with Crippen molar-refractivity contribution < 1.29 is 4.74 Å². The molecular weight excluding hydrogens is 413 g/mol. The number of hydrogen-bond acceptors (Lipinski definition) is 2. The van der Waals surface area contributed by atoms with Crippen molar-refractivity contribution in [3.63, 3.8) is 0 Å². The Morgan fingerprint density at radius 1 is 0.917 bits per heavy atom. The Morgan fingerprint density at radius 2 is 1.54 bits per heavy atom. The van der Waals surface area contributed by atoms with Gasteiger partial charge in [0.15, 0.2) is 5.96 Å². The zero-order valence-corrected chi connectivity index (χ0v) is 16.4. The van der Waals surface area contributed by atoms with Gasteiger partial charge in [-0.3, -0.25) is 4.99 Å². The number of aliphatic imine (C=N–C) groups is 1. The van der Waals surface area contributed by atoms with Crippen LogP contribution in [0.25, 0.3) is 0 Å². The normalized spacial score (nSPS) is 10.6. The van der Waals surface area contributed by atoms with Crippen LogP contribution in [-0.2, 0) is 6.42 Å². The predicted octanol–water partition coefficient (Wildman–Crippen LogP) is 3.48. The van der Waals surface area contributed by atoms with Gasteiger partial charge in [-0.1, -0.05) is 48.5 Å². The Balaban J connectivity index is 0.00000288. The summed E-state index contributed by atoms with van der Waals surface area (Å²) in [4.78, 5) is 4.23. The maximum atomic E-state index is 5.66. The lowest BCUT2D eigenvalue weighted by atomic mass is 10.1. The second-order valence-corrected chi connectivity index (χ2v) is 5.18. The molecule has 0 unspecified atom stereocenters. The lowest BCUT2D eigenvalue weighted by molar-refractivity contribution is 0.311. The third kappa shape index (κ3) is 8.19. The van der Waals surface area contributed by atoms with Gasteiger partial charge in [0, 0.05) is 20.1 Å². The van der Waals surface area contributed by atoms with Crippen LogP contribution in [0.4, 0.5) is 0 Å². The number of benzene rings is 2. The summed E-state index contributed by atoms with van der Waals surface area (Å²) in [6, 6.07) is 20.3. The molecule has 0 atom stereocenters. The smallest absolute Gasteiger partial charge is 0.190 e. The van der Waals surface area contributed by atoms with E-state index in [1.54, 1.807) is 7.05 Å². The average molecular weight is 439 g/mol. The number of ether oxygens (including phenoxy) is 1.